The SMILES string of the molecule is O=C(NC1CCCc2ccccc21)/C(=C/C1=C(C(F)(F)F)CCC=C1)NC(=O)c1cccs1. The molecule has 1 aromatic carbocycles. The zero-order valence-electron chi connectivity index (χ0n) is 17.7. The fraction of sp³-hybridized carbons (Fsp3) is 0.280. The topological polar surface area (TPSA) is 58.2 Å². The maximum atomic E-state index is 13.6. The maximum Gasteiger partial charge on any atom is 0.413 e. The first-order valence-corrected chi connectivity index (χ1v) is 11.6. The van der Waals surface area contributed by atoms with Crippen molar-refractivity contribution in [1.29, 1.82) is 0 Å². The van der Waals surface area contributed by atoms with E-state index in [0.29, 0.717) is 11.3 Å². The molecule has 172 valence electrons. The molecule has 4 rings (SSSR count). The fourth-order valence-electron chi connectivity index (χ4n) is 4.17. The molecule has 0 aliphatic heterocycles. The van der Waals surface area contributed by atoms with E-state index >= 15 is 0 Å². The number of hydrogen-bond donors (Lipinski definition) is 2. The molecule has 2 N–H and O–H groups in total. The van der Waals surface area contributed by atoms with Gasteiger partial charge in [0.05, 0.1) is 10.9 Å². The van der Waals surface area contributed by atoms with Gasteiger partial charge >= 0.3 is 6.18 Å². The molecule has 1 unspecified atom stereocenters. The monoisotopic (exact) mass is 472 g/mol. The molecule has 2 amide bonds. The quantitative estimate of drug-likeness (QED) is 0.544. The third-order valence-electron chi connectivity index (χ3n) is 5.76. The third kappa shape index (κ3) is 5.45. The third-order valence-corrected chi connectivity index (χ3v) is 6.63. The van der Waals surface area contributed by atoms with Gasteiger partial charge in [-0.3, -0.25) is 9.59 Å². The summed E-state index contributed by atoms with van der Waals surface area (Å²) >= 11 is 1.19. The van der Waals surface area contributed by atoms with Gasteiger partial charge in [-0.05, 0) is 66.3 Å². The molecule has 1 heterocycles. The second kappa shape index (κ2) is 9.79. The highest BCUT2D eigenvalue weighted by Crippen LogP contribution is 2.35. The molecular weight excluding hydrogens is 449 g/mol. The van der Waals surface area contributed by atoms with E-state index in [1.54, 1.807) is 23.6 Å². The number of carbonyl (C=O) groups excluding carboxylic acids is 2. The molecule has 0 saturated carbocycles. The molecule has 8 heteroatoms. The zero-order valence-corrected chi connectivity index (χ0v) is 18.6. The number of alkyl halides is 3. The minimum atomic E-state index is -4.52. The van der Waals surface area contributed by atoms with Crippen molar-refractivity contribution >= 4 is 23.2 Å². The minimum absolute atomic E-state index is 0.116. The summed E-state index contributed by atoms with van der Waals surface area (Å²) in [6.45, 7) is 0. The van der Waals surface area contributed by atoms with Gasteiger partial charge < -0.3 is 10.6 Å². The van der Waals surface area contributed by atoms with Gasteiger partial charge in [-0.15, -0.1) is 11.3 Å². The first-order chi connectivity index (χ1) is 15.8. The van der Waals surface area contributed by atoms with Crippen LogP contribution in [0.4, 0.5) is 13.2 Å². The lowest BCUT2D eigenvalue weighted by atomic mass is 9.87. The van der Waals surface area contributed by atoms with Gasteiger partial charge in [0.2, 0.25) is 0 Å². The minimum Gasteiger partial charge on any atom is -0.344 e. The van der Waals surface area contributed by atoms with Crippen LogP contribution in [0.2, 0.25) is 0 Å². The van der Waals surface area contributed by atoms with Crippen molar-refractivity contribution in [3.63, 3.8) is 0 Å². The van der Waals surface area contributed by atoms with Crippen LogP contribution in [-0.4, -0.2) is 18.0 Å². The van der Waals surface area contributed by atoms with Crippen LogP contribution < -0.4 is 10.6 Å². The fourth-order valence-corrected chi connectivity index (χ4v) is 4.79. The Hall–Kier alpha value is -3.13. The van der Waals surface area contributed by atoms with Crippen LogP contribution in [0.15, 0.2) is 76.8 Å². The van der Waals surface area contributed by atoms with Crippen molar-refractivity contribution < 1.29 is 22.8 Å². The summed E-state index contributed by atoms with van der Waals surface area (Å²) in [5.74, 6) is -1.15. The Bertz CT molecular complexity index is 1130. The number of rotatable bonds is 5. The summed E-state index contributed by atoms with van der Waals surface area (Å²) in [5.41, 5.74) is 1.10. The van der Waals surface area contributed by atoms with Crippen LogP contribution in [0.5, 0.6) is 0 Å². The van der Waals surface area contributed by atoms with E-state index in [4.69, 9.17) is 0 Å². The highest BCUT2D eigenvalue weighted by Gasteiger charge is 2.36. The number of fused-ring (bicyclic) bond motifs is 1. The number of thiophene rings is 1. The van der Waals surface area contributed by atoms with Crippen molar-refractivity contribution in [1.82, 2.24) is 10.6 Å². The van der Waals surface area contributed by atoms with Crippen LogP contribution in [0, 0.1) is 0 Å². The van der Waals surface area contributed by atoms with Gasteiger partial charge in [0.15, 0.2) is 0 Å². The number of nitrogens with one attached hydrogen (secondary N) is 2. The van der Waals surface area contributed by atoms with Crippen molar-refractivity contribution in [2.75, 3.05) is 0 Å². The van der Waals surface area contributed by atoms with Gasteiger partial charge in [0.1, 0.15) is 5.70 Å². The van der Waals surface area contributed by atoms with Crippen molar-refractivity contribution in [3.05, 3.63) is 92.9 Å². The summed E-state index contributed by atoms with van der Waals surface area (Å²) < 4.78 is 40.7. The Morgan fingerprint density at radius 3 is 2.67 bits per heavy atom. The number of aryl methyl sites for hydroxylation is 1. The Morgan fingerprint density at radius 2 is 1.91 bits per heavy atom. The van der Waals surface area contributed by atoms with Gasteiger partial charge in [-0.1, -0.05) is 42.5 Å². The molecule has 4 nitrogen and oxygen atoms in total. The average Bonchev–Trinajstić information content (AvgIpc) is 3.34. The number of carbonyl (C=O) groups is 2. The van der Waals surface area contributed by atoms with E-state index in [9.17, 15) is 22.8 Å². The molecule has 2 aliphatic carbocycles. The first kappa shape index (κ1) is 23.0. The largest absolute Gasteiger partial charge is 0.413 e. The molecule has 0 fully saturated rings. The van der Waals surface area contributed by atoms with Gasteiger partial charge in [0.25, 0.3) is 11.8 Å². The number of benzene rings is 1. The van der Waals surface area contributed by atoms with Crippen LogP contribution in [0.1, 0.15) is 52.5 Å². The predicted octanol–water partition coefficient (Wildman–Crippen LogP) is 5.76. The maximum absolute atomic E-state index is 13.6. The summed E-state index contributed by atoms with van der Waals surface area (Å²) in [6.07, 6.45) is 2.21. The van der Waals surface area contributed by atoms with E-state index in [2.05, 4.69) is 10.6 Å². The molecule has 0 spiro atoms. The molecule has 2 aliphatic rings. The van der Waals surface area contributed by atoms with E-state index in [0.717, 1.165) is 30.0 Å². The Kier molecular flexibility index (Phi) is 6.83. The smallest absolute Gasteiger partial charge is 0.344 e. The highest BCUT2D eigenvalue weighted by atomic mass is 32.1. The zero-order chi connectivity index (χ0) is 23.4. The van der Waals surface area contributed by atoms with Crippen LogP contribution in [0.25, 0.3) is 0 Å². The van der Waals surface area contributed by atoms with E-state index < -0.39 is 23.6 Å². The highest BCUT2D eigenvalue weighted by molar-refractivity contribution is 7.12. The lowest BCUT2D eigenvalue weighted by molar-refractivity contribution is -0.118. The molecule has 2 aromatic rings. The lowest BCUT2D eigenvalue weighted by Crippen LogP contribution is -2.38. The number of hydrogen-bond acceptors (Lipinski definition) is 3. The Morgan fingerprint density at radius 1 is 1.09 bits per heavy atom. The van der Waals surface area contributed by atoms with Crippen molar-refractivity contribution in [3.8, 4) is 0 Å². The molecule has 0 saturated heterocycles. The normalized spacial score (nSPS) is 18.6. The van der Waals surface area contributed by atoms with E-state index in [1.165, 1.54) is 17.4 Å². The second-order valence-corrected chi connectivity index (χ2v) is 8.93. The van der Waals surface area contributed by atoms with Crippen molar-refractivity contribution in [2.24, 2.45) is 0 Å². The number of allylic oxidation sites excluding steroid dienone is 5. The van der Waals surface area contributed by atoms with E-state index in [-0.39, 0.29) is 30.2 Å². The van der Waals surface area contributed by atoms with Gasteiger partial charge in [-0.2, -0.15) is 13.2 Å². The molecule has 33 heavy (non-hydrogen) atoms. The number of halogens is 3. The standard InChI is InChI=1S/C25H23F3N2O2S/c26-25(27,28)19-11-4-2-8-17(19)15-21(30-24(32)22-13-6-14-33-22)23(31)29-20-12-5-9-16-7-1-3-10-18(16)20/h1-3,6-8,10,13-15,20H,4-5,9,11-12H2,(H,29,31)(H,30,32)/b21-15-. The van der Waals surface area contributed by atoms with Gasteiger partial charge in [0, 0.05) is 5.57 Å². The van der Waals surface area contributed by atoms with Crippen molar-refractivity contribution in [2.45, 2.75) is 44.3 Å². The van der Waals surface area contributed by atoms with Gasteiger partial charge in [-0.25, -0.2) is 0 Å². The van der Waals surface area contributed by atoms with Crippen LogP contribution in [-0.2, 0) is 11.2 Å². The summed E-state index contributed by atoms with van der Waals surface area (Å²) in [5, 5.41) is 7.17. The molecular formula is C25H23F3N2O2S. The lowest BCUT2D eigenvalue weighted by Gasteiger charge is -2.27. The average molecular weight is 473 g/mol. The summed E-state index contributed by atoms with van der Waals surface area (Å²) in [6, 6.07) is 10.8. The molecule has 1 atom stereocenters. The Labute approximate surface area is 193 Å². The Balaban J connectivity index is 1.66. The second-order valence-electron chi connectivity index (χ2n) is 7.98. The number of amides is 2. The predicted molar refractivity (Wildman–Crippen MR) is 122 cm³/mol. The van der Waals surface area contributed by atoms with E-state index in [1.807, 2.05) is 24.3 Å². The molecule has 0 bridgehead atoms. The van der Waals surface area contributed by atoms with Crippen LogP contribution >= 0.6 is 11.3 Å². The molecule has 1 aromatic heterocycles. The van der Waals surface area contributed by atoms with Crippen LogP contribution in [0.3, 0.4) is 0 Å². The first-order valence-electron chi connectivity index (χ1n) is 10.7. The summed E-state index contributed by atoms with van der Waals surface area (Å²) in [7, 11) is 0. The molecule has 0 radical (unpaired) electrons. The summed E-state index contributed by atoms with van der Waals surface area (Å²) in [4.78, 5) is 26.3.